The predicted molar refractivity (Wildman–Crippen MR) is 115 cm³/mol. The molecule has 1 N–H and O–H groups in total. The van der Waals surface area contributed by atoms with Crippen molar-refractivity contribution in [2.24, 2.45) is 5.92 Å². The Bertz CT molecular complexity index is 748. The van der Waals surface area contributed by atoms with E-state index >= 15 is 0 Å². The zero-order valence-corrected chi connectivity index (χ0v) is 18.1. The molecule has 0 unspecified atom stereocenters. The lowest BCUT2D eigenvalue weighted by molar-refractivity contribution is -0.127. The Morgan fingerprint density at radius 2 is 1.86 bits per heavy atom. The molecule has 1 aliphatic heterocycles. The predicted octanol–water partition coefficient (Wildman–Crippen LogP) is 4.59. The summed E-state index contributed by atoms with van der Waals surface area (Å²) in [4.78, 5) is 26.4. The van der Waals surface area contributed by atoms with Crippen LogP contribution in [0.3, 0.4) is 0 Å². The molecule has 3 rings (SSSR count). The molecule has 29 heavy (non-hydrogen) atoms. The van der Waals surface area contributed by atoms with Crippen LogP contribution < -0.4 is 10.1 Å². The van der Waals surface area contributed by atoms with Crippen molar-refractivity contribution in [1.82, 2.24) is 10.2 Å². The lowest BCUT2D eigenvalue weighted by Crippen LogP contribution is -2.41. The number of halogens is 1. The van der Waals surface area contributed by atoms with Gasteiger partial charge in [-0.2, -0.15) is 0 Å². The molecule has 1 saturated carbocycles. The molecule has 2 amide bonds. The minimum absolute atomic E-state index is 0.0174. The summed E-state index contributed by atoms with van der Waals surface area (Å²) in [7, 11) is 0. The fourth-order valence-electron chi connectivity index (χ4n) is 3.83. The molecular formula is C23H31ClN2O3. The summed E-state index contributed by atoms with van der Waals surface area (Å²) in [5, 5.41) is 3.52. The third-order valence-electron chi connectivity index (χ3n) is 5.56. The second kappa shape index (κ2) is 10.1. The van der Waals surface area contributed by atoms with Crippen LogP contribution in [0.4, 0.5) is 0 Å². The highest BCUT2D eigenvalue weighted by Crippen LogP contribution is 2.29. The smallest absolute Gasteiger partial charge is 0.251 e. The average molecular weight is 419 g/mol. The molecule has 0 atom stereocenters. The normalized spacial score (nSPS) is 18.6. The summed E-state index contributed by atoms with van der Waals surface area (Å²) in [6, 6.07) is 5.49. The van der Waals surface area contributed by atoms with Crippen LogP contribution >= 0.6 is 11.6 Å². The Labute approximate surface area is 178 Å². The number of hydrogen-bond donors (Lipinski definition) is 1. The summed E-state index contributed by atoms with van der Waals surface area (Å²) in [5.74, 6) is 0.943. The van der Waals surface area contributed by atoms with Gasteiger partial charge in [0.25, 0.3) is 5.91 Å². The van der Waals surface area contributed by atoms with E-state index in [0.717, 1.165) is 25.7 Å². The first-order chi connectivity index (χ1) is 13.9. The van der Waals surface area contributed by atoms with Crippen LogP contribution in [-0.2, 0) is 4.79 Å². The number of carbonyl (C=O) groups is 2. The van der Waals surface area contributed by atoms with Gasteiger partial charge >= 0.3 is 0 Å². The van der Waals surface area contributed by atoms with Gasteiger partial charge < -0.3 is 15.0 Å². The second-order valence-corrected chi connectivity index (χ2v) is 8.75. The molecule has 6 heteroatoms. The van der Waals surface area contributed by atoms with Crippen LogP contribution in [0.1, 0.15) is 62.7 Å². The van der Waals surface area contributed by atoms with Crippen LogP contribution in [0.5, 0.6) is 5.75 Å². The first-order valence-corrected chi connectivity index (χ1v) is 11.0. The van der Waals surface area contributed by atoms with Crippen molar-refractivity contribution in [1.29, 1.82) is 0 Å². The lowest BCUT2D eigenvalue weighted by Gasteiger charge is -2.31. The quantitative estimate of drug-likeness (QED) is 0.687. The molecule has 1 aliphatic carbocycles. The van der Waals surface area contributed by atoms with Crippen molar-refractivity contribution in [3.63, 3.8) is 0 Å². The number of carbonyl (C=O) groups excluding carboxylic acids is 2. The molecule has 5 nitrogen and oxygen atoms in total. The van der Waals surface area contributed by atoms with E-state index in [1.165, 1.54) is 12.8 Å². The Morgan fingerprint density at radius 1 is 1.17 bits per heavy atom. The third kappa shape index (κ3) is 6.23. The standard InChI is InChI=1S/C23H31ClN2O3/c1-16(2)7-10-22(27)26-13-11-19(12-14-26)29-21-9-8-17(15-20(21)24)23(28)25-18-5-3-4-6-18/h7-10,15-16,18-19H,3-6,11-14H2,1-2H3,(H,25,28)/b10-7+. The van der Waals surface area contributed by atoms with E-state index in [9.17, 15) is 9.59 Å². The Kier molecular flexibility index (Phi) is 7.59. The summed E-state index contributed by atoms with van der Waals surface area (Å²) >= 11 is 6.38. The van der Waals surface area contributed by atoms with Gasteiger partial charge in [-0.05, 0) is 43.0 Å². The van der Waals surface area contributed by atoms with Crippen LogP contribution in [0, 0.1) is 5.92 Å². The number of nitrogens with one attached hydrogen (secondary N) is 1. The van der Waals surface area contributed by atoms with Gasteiger partial charge in [-0.3, -0.25) is 9.59 Å². The van der Waals surface area contributed by atoms with Crippen LogP contribution in [0.15, 0.2) is 30.4 Å². The van der Waals surface area contributed by atoms with Crippen molar-refractivity contribution in [2.45, 2.75) is 64.5 Å². The monoisotopic (exact) mass is 418 g/mol. The maximum Gasteiger partial charge on any atom is 0.251 e. The van der Waals surface area contributed by atoms with E-state index in [1.54, 1.807) is 24.3 Å². The van der Waals surface area contributed by atoms with E-state index in [-0.39, 0.29) is 24.0 Å². The van der Waals surface area contributed by atoms with Crippen molar-refractivity contribution in [3.8, 4) is 5.75 Å². The maximum atomic E-state index is 12.4. The summed E-state index contributed by atoms with van der Waals surface area (Å²) in [6.07, 6.45) is 9.60. The number of allylic oxidation sites excluding steroid dienone is 1. The zero-order chi connectivity index (χ0) is 20.8. The first kappa shape index (κ1) is 21.7. The molecule has 0 radical (unpaired) electrons. The van der Waals surface area contributed by atoms with Crippen molar-refractivity contribution >= 4 is 23.4 Å². The molecule has 1 saturated heterocycles. The molecular weight excluding hydrogens is 388 g/mol. The number of benzene rings is 1. The molecule has 1 aromatic carbocycles. The Balaban J connectivity index is 1.51. The highest BCUT2D eigenvalue weighted by Gasteiger charge is 2.24. The Morgan fingerprint density at radius 3 is 2.48 bits per heavy atom. The molecule has 2 fully saturated rings. The summed E-state index contributed by atoms with van der Waals surface area (Å²) < 4.78 is 6.06. The molecule has 1 heterocycles. The van der Waals surface area contributed by atoms with Gasteiger partial charge in [-0.15, -0.1) is 0 Å². The van der Waals surface area contributed by atoms with Crippen molar-refractivity contribution in [3.05, 3.63) is 40.9 Å². The van der Waals surface area contributed by atoms with Gasteiger partial charge in [0.1, 0.15) is 11.9 Å². The van der Waals surface area contributed by atoms with Crippen molar-refractivity contribution < 1.29 is 14.3 Å². The number of piperidine rings is 1. The van der Waals surface area contributed by atoms with Gasteiger partial charge in [-0.1, -0.05) is 44.4 Å². The Hall–Kier alpha value is -2.01. The third-order valence-corrected chi connectivity index (χ3v) is 5.85. The van der Waals surface area contributed by atoms with E-state index in [2.05, 4.69) is 19.2 Å². The SMILES string of the molecule is CC(C)/C=C/C(=O)N1CCC(Oc2ccc(C(=O)NC3CCCC3)cc2Cl)CC1. The molecule has 158 valence electrons. The molecule has 0 bridgehead atoms. The number of likely N-dealkylation sites (tertiary alicyclic amines) is 1. The highest BCUT2D eigenvalue weighted by atomic mass is 35.5. The number of nitrogens with zero attached hydrogens (tertiary/aromatic N) is 1. The largest absolute Gasteiger partial charge is 0.489 e. The maximum absolute atomic E-state index is 12.4. The van der Waals surface area contributed by atoms with E-state index in [4.69, 9.17) is 16.3 Å². The number of amides is 2. The van der Waals surface area contributed by atoms with Gasteiger partial charge in [0.2, 0.25) is 5.91 Å². The number of hydrogen-bond acceptors (Lipinski definition) is 3. The summed E-state index contributed by atoms with van der Waals surface area (Å²) in [6.45, 7) is 5.45. The highest BCUT2D eigenvalue weighted by molar-refractivity contribution is 6.32. The minimum Gasteiger partial charge on any atom is -0.489 e. The minimum atomic E-state index is -0.0772. The van der Waals surface area contributed by atoms with Gasteiger partial charge in [0, 0.05) is 37.5 Å². The van der Waals surface area contributed by atoms with Crippen LogP contribution in [0.2, 0.25) is 5.02 Å². The van der Waals surface area contributed by atoms with Crippen LogP contribution in [-0.4, -0.2) is 41.9 Å². The fourth-order valence-corrected chi connectivity index (χ4v) is 4.06. The molecule has 1 aromatic rings. The van der Waals surface area contributed by atoms with E-state index < -0.39 is 0 Å². The van der Waals surface area contributed by atoms with Crippen LogP contribution in [0.25, 0.3) is 0 Å². The summed E-state index contributed by atoms with van der Waals surface area (Å²) in [5.41, 5.74) is 0.562. The van der Waals surface area contributed by atoms with Gasteiger partial charge in [0.15, 0.2) is 0 Å². The van der Waals surface area contributed by atoms with E-state index in [1.807, 2.05) is 11.0 Å². The molecule has 0 aromatic heterocycles. The topological polar surface area (TPSA) is 58.6 Å². The number of ether oxygens (including phenoxy) is 1. The van der Waals surface area contributed by atoms with Crippen molar-refractivity contribution in [2.75, 3.05) is 13.1 Å². The second-order valence-electron chi connectivity index (χ2n) is 8.35. The average Bonchev–Trinajstić information content (AvgIpc) is 3.21. The lowest BCUT2D eigenvalue weighted by atomic mass is 10.1. The number of rotatable bonds is 6. The first-order valence-electron chi connectivity index (χ1n) is 10.7. The zero-order valence-electron chi connectivity index (χ0n) is 17.3. The van der Waals surface area contributed by atoms with E-state index in [0.29, 0.717) is 35.3 Å². The van der Waals surface area contributed by atoms with Gasteiger partial charge in [-0.25, -0.2) is 0 Å². The molecule has 0 spiro atoms. The molecule has 2 aliphatic rings. The fraction of sp³-hybridized carbons (Fsp3) is 0.565. The van der Waals surface area contributed by atoms with Gasteiger partial charge in [0.05, 0.1) is 5.02 Å².